The first-order chi connectivity index (χ1) is 10.8. The number of amides is 1. The van der Waals surface area contributed by atoms with Crippen molar-refractivity contribution < 1.29 is 13.7 Å². The molecule has 2 aromatic heterocycles. The van der Waals surface area contributed by atoms with Crippen LogP contribution in [0, 0.1) is 0 Å². The van der Waals surface area contributed by atoms with Gasteiger partial charge in [0.1, 0.15) is 0 Å². The molecule has 0 saturated carbocycles. The second-order valence-electron chi connectivity index (χ2n) is 5.75. The van der Waals surface area contributed by atoms with Crippen LogP contribution in [0.15, 0.2) is 33.4 Å². The van der Waals surface area contributed by atoms with Crippen molar-refractivity contribution in [3.05, 3.63) is 30.2 Å². The van der Waals surface area contributed by atoms with E-state index in [4.69, 9.17) is 8.94 Å². The zero-order valence-corrected chi connectivity index (χ0v) is 12.2. The quantitative estimate of drug-likeness (QED) is 0.894. The Kier molecular flexibility index (Phi) is 3.44. The molecular formula is C15H18N4O3. The van der Waals surface area contributed by atoms with E-state index in [2.05, 4.69) is 20.3 Å². The number of carbonyl (C=O) groups excluding carboxylic acids is 1. The Morgan fingerprint density at radius 3 is 2.86 bits per heavy atom. The molecule has 5 heterocycles. The number of hydrogen-bond acceptors (Lipinski definition) is 6. The van der Waals surface area contributed by atoms with Crippen molar-refractivity contribution in [1.82, 2.24) is 20.3 Å². The lowest BCUT2D eigenvalue weighted by Crippen LogP contribution is -2.63. The van der Waals surface area contributed by atoms with Crippen LogP contribution in [0.3, 0.4) is 0 Å². The van der Waals surface area contributed by atoms with E-state index >= 15 is 0 Å². The lowest BCUT2D eigenvalue weighted by atomic mass is 10.1. The van der Waals surface area contributed by atoms with Crippen LogP contribution in [0.2, 0.25) is 0 Å². The molecule has 3 aliphatic rings. The van der Waals surface area contributed by atoms with Gasteiger partial charge in [-0.25, -0.2) is 0 Å². The second kappa shape index (κ2) is 5.58. The van der Waals surface area contributed by atoms with E-state index < -0.39 is 0 Å². The van der Waals surface area contributed by atoms with Gasteiger partial charge in [0.15, 0.2) is 11.5 Å². The highest BCUT2D eigenvalue weighted by molar-refractivity contribution is 5.92. The standard InChI is InChI=1S/C15H18N4O3/c20-15(12-8-14(22-17-12)13-2-1-7-21-13)16-9-11-10-18-3-5-19(11)6-4-18/h1-2,7-8,11H,3-6,9-10H2,(H,16,20). The topological polar surface area (TPSA) is 74.8 Å². The van der Waals surface area contributed by atoms with Gasteiger partial charge < -0.3 is 14.3 Å². The van der Waals surface area contributed by atoms with Crippen molar-refractivity contribution in [1.29, 1.82) is 0 Å². The Labute approximate surface area is 127 Å². The first-order valence-electron chi connectivity index (χ1n) is 7.55. The van der Waals surface area contributed by atoms with Crippen molar-refractivity contribution >= 4 is 5.91 Å². The molecule has 7 nitrogen and oxygen atoms in total. The monoisotopic (exact) mass is 302 g/mol. The molecule has 0 spiro atoms. The number of rotatable bonds is 4. The number of furan rings is 1. The molecule has 1 atom stereocenters. The van der Waals surface area contributed by atoms with E-state index in [1.807, 2.05) is 0 Å². The third-order valence-corrected chi connectivity index (χ3v) is 4.40. The summed E-state index contributed by atoms with van der Waals surface area (Å²) < 4.78 is 10.4. The maximum Gasteiger partial charge on any atom is 0.273 e. The molecule has 116 valence electrons. The average Bonchev–Trinajstić information content (AvgIpc) is 3.24. The number of piperazine rings is 3. The van der Waals surface area contributed by atoms with Gasteiger partial charge in [0, 0.05) is 51.4 Å². The summed E-state index contributed by atoms with van der Waals surface area (Å²) in [4.78, 5) is 17.1. The van der Waals surface area contributed by atoms with Gasteiger partial charge in [0.05, 0.1) is 6.26 Å². The third-order valence-electron chi connectivity index (χ3n) is 4.40. The van der Waals surface area contributed by atoms with Gasteiger partial charge in [-0.1, -0.05) is 5.16 Å². The maximum absolute atomic E-state index is 12.2. The summed E-state index contributed by atoms with van der Waals surface area (Å²) in [5.74, 6) is 0.816. The number of carbonyl (C=O) groups is 1. The molecule has 1 unspecified atom stereocenters. The van der Waals surface area contributed by atoms with E-state index in [-0.39, 0.29) is 11.6 Å². The minimum absolute atomic E-state index is 0.209. The molecule has 1 amide bonds. The molecule has 2 bridgehead atoms. The van der Waals surface area contributed by atoms with E-state index in [1.165, 1.54) is 0 Å². The van der Waals surface area contributed by atoms with Crippen molar-refractivity contribution in [3.8, 4) is 11.5 Å². The van der Waals surface area contributed by atoms with Gasteiger partial charge in [0.25, 0.3) is 5.91 Å². The Balaban J connectivity index is 1.36. The molecule has 3 aliphatic heterocycles. The van der Waals surface area contributed by atoms with Gasteiger partial charge in [-0.3, -0.25) is 14.6 Å². The summed E-state index contributed by atoms with van der Waals surface area (Å²) in [5.41, 5.74) is 0.280. The van der Waals surface area contributed by atoms with Crippen LogP contribution in [-0.2, 0) is 0 Å². The molecule has 3 saturated heterocycles. The first-order valence-corrected chi connectivity index (χ1v) is 7.55. The summed E-state index contributed by atoms with van der Waals surface area (Å²) in [6.45, 7) is 6.12. The van der Waals surface area contributed by atoms with Gasteiger partial charge in [-0.05, 0) is 12.1 Å². The lowest BCUT2D eigenvalue weighted by Gasteiger charge is -2.47. The Bertz CT molecular complexity index is 644. The lowest BCUT2D eigenvalue weighted by molar-refractivity contribution is 0.0138. The number of fused-ring (bicyclic) bond motifs is 3. The number of aromatic nitrogens is 1. The Hall–Kier alpha value is -2.12. The number of hydrogen-bond donors (Lipinski definition) is 1. The maximum atomic E-state index is 12.2. The fraction of sp³-hybridized carbons (Fsp3) is 0.467. The predicted molar refractivity (Wildman–Crippen MR) is 78.3 cm³/mol. The fourth-order valence-corrected chi connectivity index (χ4v) is 3.14. The first kappa shape index (κ1) is 13.5. The van der Waals surface area contributed by atoms with Crippen molar-refractivity contribution in [2.24, 2.45) is 0 Å². The van der Waals surface area contributed by atoms with Gasteiger partial charge >= 0.3 is 0 Å². The summed E-state index contributed by atoms with van der Waals surface area (Å²) >= 11 is 0. The van der Waals surface area contributed by atoms with Crippen LogP contribution in [0.1, 0.15) is 10.5 Å². The highest BCUT2D eigenvalue weighted by Gasteiger charge is 2.32. The van der Waals surface area contributed by atoms with E-state index in [0.29, 0.717) is 24.1 Å². The summed E-state index contributed by atoms with van der Waals surface area (Å²) in [6, 6.07) is 5.52. The molecule has 0 aromatic carbocycles. The smallest absolute Gasteiger partial charge is 0.273 e. The molecule has 3 fully saturated rings. The SMILES string of the molecule is O=C(NCC1CN2CCN1CC2)c1cc(-c2ccco2)on1. The molecule has 5 rings (SSSR count). The molecule has 1 N–H and O–H groups in total. The second-order valence-corrected chi connectivity index (χ2v) is 5.75. The predicted octanol–water partition coefficient (Wildman–Crippen LogP) is 0.664. The van der Waals surface area contributed by atoms with Crippen LogP contribution in [0.5, 0.6) is 0 Å². The molecular weight excluding hydrogens is 284 g/mol. The molecule has 22 heavy (non-hydrogen) atoms. The van der Waals surface area contributed by atoms with Crippen LogP contribution >= 0.6 is 0 Å². The van der Waals surface area contributed by atoms with E-state index in [9.17, 15) is 4.79 Å². The highest BCUT2D eigenvalue weighted by atomic mass is 16.5. The van der Waals surface area contributed by atoms with E-state index in [1.54, 1.807) is 24.5 Å². The van der Waals surface area contributed by atoms with Gasteiger partial charge in [-0.2, -0.15) is 0 Å². The van der Waals surface area contributed by atoms with Crippen molar-refractivity contribution in [2.45, 2.75) is 6.04 Å². The molecule has 0 radical (unpaired) electrons. The summed E-state index contributed by atoms with van der Waals surface area (Å²) in [5, 5.41) is 6.76. The largest absolute Gasteiger partial charge is 0.461 e. The Morgan fingerprint density at radius 2 is 2.18 bits per heavy atom. The van der Waals surface area contributed by atoms with E-state index in [0.717, 1.165) is 32.7 Å². The van der Waals surface area contributed by atoms with Crippen molar-refractivity contribution in [3.63, 3.8) is 0 Å². The summed E-state index contributed by atoms with van der Waals surface area (Å²) in [7, 11) is 0. The van der Waals surface area contributed by atoms with Gasteiger partial charge in [-0.15, -0.1) is 0 Å². The zero-order valence-electron chi connectivity index (χ0n) is 12.2. The molecule has 0 aliphatic carbocycles. The minimum Gasteiger partial charge on any atom is -0.461 e. The Morgan fingerprint density at radius 1 is 1.32 bits per heavy atom. The zero-order chi connectivity index (χ0) is 14.9. The normalized spacial score (nSPS) is 27.0. The van der Waals surface area contributed by atoms with Crippen molar-refractivity contribution in [2.75, 3.05) is 39.3 Å². The molecule has 7 heteroatoms. The average molecular weight is 302 g/mol. The number of nitrogens with one attached hydrogen (secondary N) is 1. The van der Waals surface area contributed by atoms with Gasteiger partial charge in [0.2, 0.25) is 5.76 Å². The minimum atomic E-state index is -0.209. The van der Waals surface area contributed by atoms with Crippen LogP contribution in [0.25, 0.3) is 11.5 Å². The fourth-order valence-electron chi connectivity index (χ4n) is 3.14. The summed E-state index contributed by atoms with van der Waals surface area (Å²) in [6.07, 6.45) is 1.56. The van der Waals surface area contributed by atoms with Crippen LogP contribution < -0.4 is 5.32 Å². The third kappa shape index (κ3) is 2.53. The van der Waals surface area contributed by atoms with Crippen LogP contribution in [0.4, 0.5) is 0 Å². The van der Waals surface area contributed by atoms with Crippen LogP contribution in [-0.4, -0.2) is 66.2 Å². The molecule has 2 aromatic rings. The highest BCUT2D eigenvalue weighted by Crippen LogP contribution is 2.20. The number of nitrogens with zero attached hydrogens (tertiary/aromatic N) is 3.